The van der Waals surface area contributed by atoms with Crippen molar-refractivity contribution in [3.63, 3.8) is 0 Å². The van der Waals surface area contributed by atoms with Crippen LogP contribution in [0.4, 0.5) is 0 Å². The molecule has 0 spiro atoms. The van der Waals surface area contributed by atoms with Crippen LogP contribution in [0.5, 0.6) is 5.75 Å². The molecule has 0 radical (unpaired) electrons. The number of aromatic nitrogens is 2. The summed E-state index contributed by atoms with van der Waals surface area (Å²) in [6, 6.07) is 6.04. The zero-order chi connectivity index (χ0) is 13.7. The highest BCUT2D eigenvalue weighted by atomic mass is 32.1. The van der Waals surface area contributed by atoms with Gasteiger partial charge in [0.25, 0.3) is 0 Å². The fraction of sp³-hybridized carbons (Fsp3) is 0.500. The van der Waals surface area contributed by atoms with Gasteiger partial charge < -0.3 is 19.0 Å². The summed E-state index contributed by atoms with van der Waals surface area (Å²) in [5, 5.41) is 0. The second-order valence-electron chi connectivity index (χ2n) is 4.43. The summed E-state index contributed by atoms with van der Waals surface area (Å²) in [4.78, 5) is 3.24. The SMILES string of the molecule is CCCOc1cccc2c1[nH]c(=S)n2CCCOC. The molecule has 0 fully saturated rings. The van der Waals surface area contributed by atoms with E-state index in [1.54, 1.807) is 7.11 Å². The Bertz CT molecular complexity index is 589. The third-order valence-electron chi connectivity index (χ3n) is 2.96. The van der Waals surface area contributed by atoms with Crippen LogP contribution in [0.15, 0.2) is 18.2 Å². The van der Waals surface area contributed by atoms with Crippen molar-refractivity contribution in [1.82, 2.24) is 9.55 Å². The second kappa shape index (κ2) is 6.73. The number of rotatable bonds is 7. The highest BCUT2D eigenvalue weighted by molar-refractivity contribution is 7.71. The quantitative estimate of drug-likeness (QED) is 0.623. The maximum absolute atomic E-state index is 5.75. The first kappa shape index (κ1) is 14.1. The zero-order valence-electron chi connectivity index (χ0n) is 11.4. The molecule has 1 aromatic heterocycles. The first-order valence-corrected chi connectivity index (χ1v) is 7.02. The van der Waals surface area contributed by atoms with Crippen LogP contribution in [0, 0.1) is 4.77 Å². The van der Waals surface area contributed by atoms with Crippen LogP contribution in [0.1, 0.15) is 19.8 Å². The number of benzene rings is 1. The zero-order valence-corrected chi connectivity index (χ0v) is 12.3. The van der Waals surface area contributed by atoms with Gasteiger partial charge in [0.15, 0.2) is 4.77 Å². The molecule has 1 aromatic carbocycles. The van der Waals surface area contributed by atoms with Crippen molar-refractivity contribution < 1.29 is 9.47 Å². The van der Waals surface area contributed by atoms with E-state index >= 15 is 0 Å². The Morgan fingerprint density at radius 3 is 2.89 bits per heavy atom. The summed E-state index contributed by atoms with van der Waals surface area (Å²) in [6.45, 7) is 4.40. The molecule has 0 atom stereocenters. The number of nitrogens with one attached hydrogen (secondary N) is 1. The Balaban J connectivity index is 2.32. The number of hydrogen-bond acceptors (Lipinski definition) is 3. The number of methoxy groups -OCH3 is 1. The van der Waals surface area contributed by atoms with E-state index in [4.69, 9.17) is 21.7 Å². The number of nitrogens with zero attached hydrogens (tertiary/aromatic N) is 1. The smallest absolute Gasteiger partial charge is 0.178 e. The molecular weight excluding hydrogens is 260 g/mol. The molecule has 0 aliphatic rings. The van der Waals surface area contributed by atoms with Gasteiger partial charge >= 0.3 is 0 Å². The number of H-pyrrole nitrogens is 1. The topological polar surface area (TPSA) is 39.2 Å². The van der Waals surface area contributed by atoms with Gasteiger partial charge in [-0.3, -0.25) is 0 Å². The van der Waals surface area contributed by atoms with Crippen LogP contribution in [0.2, 0.25) is 0 Å². The minimum atomic E-state index is 0.717. The van der Waals surface area contributed by atoms with Crippen molar-refractivity contribution in [2.45, 2.75) is 26.3 Å². The Kier molecular flexibility index (Phi) is 4.99. The third kappa shape index (κ3) is 3.16. The van der Waals surface area contributed by atoms with E-state index in [2.05, 4.69) is 22.5 Å². The average molecular weight is 280 g/mol. The maximum atomic E-state index is 5.75. The molecule has 4 nitrogen and oxygen atoms in total. The molecule has 0 aliphatic carbocycles. The lowest BCUT2D eigenvalue weighted by atomic mass is 10.3. The van der Waals surface area contributed by atoms with Gasteiger partial charge in [-0.05, 0) is 37.2 Å². The van der Waals surface area contributed by atoms with E-state index in [0.717, 1.165) is 47.5 Å². The first-order chi connectivity index (χ1) is 9.27. The van der Waals surface area contributed by atoms with Crippen molar-refractivity contribution in [3.05, 3.63) is 23.0 Å². The van der Waals surface area contributed by atoms with Gasteiger partial charge in [0, 0.05) is 20.3 Å². The molecule has 104 valence electrons. The van der Waals surface area contributed by atoms with Crippen LogP contribution < -0.4 is 4.74 Å². The molecule has 2 rings (SSSR count). The van der Waals surface area contributed by atoms with Gasteiger partial charge in [-0.15, -0.1) is 0 Å². The molecule has 5 heteroatoms. The standard InChI is InChI=1S/C14H20N2O2S/c1-3-9-18-12-7-4-6-11-13(12)15-14(19)16(11)8-5-10-17-2/h4,6-7H,3,5,8-10H2,1-2H3,(H,15,19). The van der Waals surface area contributed by atoms with Gasteiger partial charge in [-0.1, -0.05) is 13.0 Å². The lowest BCUT2D eigenvalue weighted by molar-refractivity contribution is 0.190. The van der Waals surface area contributed by atoms with Gasteiger partial charge in [0.05, 0.1) is 12.1 Å². The van der Waals surface area contributed by atoms with Gasteiger partial charge in [-0.25, -0.2) is 0 Å². The molecular formula is C14H20N2O2S. The Morgan fingerprint density at radius 2 is 2.16 bits per heavy atom. The van der Waals surface area contributed by atoms with Crippen molar-refractivity contribution >= 4 is 23.3 Å². The largest absolute Gasteiger partial charge is 0.491 e. The highest BCUT2D eigenvalue weighted by Crippen LogP contribution is 2.25. The summed E-state index contributed by atoms with van der Waals surface area (Å²) < 4.78 is 13.7. The molecule has 0 aliphatic heterocycles. The normalized spacial score (nSPS) is 11.1. The fourth-order valence-corrected chi connectivity index (χ4v) is 2.37. The molecule has 0 amide bonds. The number of para-hydroxylation sites is 1. The highest BCUT2D eigenvalue weighted by Gasteiger charge is 2.08. The number of ether oxygens (including phenoxy) is 2. The molecule has 0 unspecified atom stereocenters. The summed E-state index contributed by atoms with van der Waals surface area (Å²) in [7, 11) is 1.71. The maximum Gasteiger partial charge on any atom is 0.178 e. The van der Waals surface area contributed by atoms with E-state index in [1.165, 1.54) is 0 Å². The van der Waals surface area contributed by atoms with Crippen molar-refractivity contribution in [2.75, 3.05) is 20.3 Å². The lowest BCUT2D eigenvalue weighted by Crippen LogP contribution is -2.01. The molecule has 1 heterocycles. The summed E-state index contributed by atoms with van der Waals surface area (Å²) in [5.74, 6) is 0.871. The van der Waals surface area contributed by atoms with Crippen molar-refractivity contribution in [1.29, 1.82) is 0 Å². The molecule has 2 aromatic rings. The molecule has 19 heavy (non-hydrogen) atoms. The van der Waals surface area contributed by atoms with E-state index in [-0.39, 0.29) is 0 Å². The van der Waals surface area contributed by atoms with E-state index < -0.39 is 0 Å². The number of aromatic amines is 1. The van der Waals surface area contributed by atoms with Crippen LogP contribution in [-0.2, 0) is 11.3 Å². The molecule has 0 saturated heterocycles. The Hall–Kier alpha value is -1.33. The van der Waals surface area contributed by atoms with Crippen LogP contribution in [0.25, 0.3) is 11.0 Å². The lowest BCUT2D eigenvalue weighted by Gasteiger charge is -2.07. The Labute approximate surface area is 118 Å². The third-order valence-corrected chi connectivity index (χ3v) is 3.29. The predicted octanol–water partition coefficient (Wildman–Crippen LogP) is 3.52. The number of fused-ring (bicyclic) bond motifs is 1. The Morgan fingerprint density at radius 1 is 1.32 bits per heavy atom. The van der Waals surface area contributed by atoms with Gasteiger partial charge in [0.1, 0.15) is 11.3 Å². The average Bonchev–Trinajstić information content (AvgIpc) is 2.74. The van der Waals surface area contributed by atoms with Crippen molar-refractivity contribution in [3.8, 4) is 5.75 Å². The molecule has 1 N–H and O–H groups in total. The fourth-order valence-electron chi connectivity index (χ4n) is 2.08. The summed E-state index contributed by atoms with van der Waals surface area (Å²) >= 11 is 5.39. The predicted molar refractivity (Wildman–Crippen MR) is 79.4 cm³/mol. The minimum Gasteiger partial charge on any atom is -0.491 e. The molecule has 0 saturated carbocycles. The van der Waals surface area contributed by atoms with Gasteiger partial charge in [-0.2, -0.15) is 0 Å². The number of hydrogen-bond donors (Lipinski definition) is 1. The van der Waals surface area contributed by atoms with Crippen LogP contribution in [-0.4, -0.2) is 29.9 Å². The first-order valence-electron chi connectivity index (χ1n) is 6.61. The van der Waals surface area contributed by atoms with Crippen molar-refractivity contribution in [2.24, 2.45) is 0 Å². The monoisotopic (exact) mass is 280 g/mol. The van der Waals surface area contributed by atoms with Crippen LogP contribution in [0.3, 0.4) is 0 Å². The van der Waals surface area contributed by atoms with E-state index in [1.807, 2.05) is 12.1 Å². The summed E-state index contributed by atoms with van der Waals surface area (Å²) in [5.41, 5.74) is 2.08. The number of aryl methyl sites for hydroxylation is 1. The van der Waals surface area contributed by atoms with E-state index in [0.29, 0.717) is 6.61 Å². The number of imidazole rings is 1. The molecule has 0 bridgehead atoms. The van der Waals surface area contributed by atoms with Gasteiger partial charge in [0.2, 0.25) is 0 Å². The second-order valence-corrected chi connectivity index (χ2v) is 4.81. The minimum absolute atomic E-state index is 0.717. The summed E-state index contributed by atoms with van der Waals surface area (Å²) in [6.07, 6.45) is 1.93. The van der Waals surface area contributed by atoms with E-state index in [9.17, 15) is 0 Å². The van der Waals surface area contributed by atoms with Crippen LogP contribution >= 0.6 is 12.2 Å².